The van der Waals surface area contributed by atoms with E-state index in [1.807, 2.05) is 55.5 Å². The number of rotatable bonds is 7. The number of aryl methyl sites for hydroxylation is 1. The van der Waals surface area contributed by atoms with Crippen LogP contribution in [0.4, 0.5) is 16.2 Å². The highest BCUT2D eigenvalue weighted by Crippen LogP contribution is 2.35. The molecule has 3 amide bonds. The van der Waals surface area contributed by atoms with Crippen molar-refractivity contribution in [2.45, 2.75) is 16.9 Å². The second-order valence-electron chi connectivity index (χ2n) is 8.50. The summed E-state index contributed by atoms with van der Waals surface area (Å²) in [4.78, 5) is 42.6. The minimum absolute atomic E-state index is 0.216. The first kappa shape index (κ1) is 25.2. The fourth-order valence-corrected chi connectivity index (χ4v) is 5.54. The average molecular weight is 536 g/mol. The number of carbonyl (C=O) groups is 3. The van der Waals surface area contributed by atoms with Crippen LogP contribution >= 0.6 is 23.5 Å². The molecular weight excluding hydrogens is 510 g/mol. The standard InChI is InChI=1S/C27H25N3O5S2/c1-18-6-9-20(10-7-18)36-25-11-8-19(35-25)16-23-26(32)30(27(33)37-23)17-24(31)28-21-4-2-3-5-22(21)29-12-14-34-15-13-29/h2-11,16H,12-15,17H2,1H3,(H,28,31)/b23-16-. The Hall–Kier alpha value is -3.47. The number of furan rings is 1. The number of ether oxygens (including phenoxy) is 1. The Labute approximate surface area is 223 Å². The number of thioether (sulfide) groups is 1. The molecule has 0 spiro atoms. The van der Waals surface area contributed by atoms with Crippen molar-refractivity contribution in [3.05, 3.63) is 76.9 Å². The summed E-state index contributed by atoms with van der Waals surface area (Å²) in [6.45, 7) is 4.34. The number of anilines is 2. The number of imide groups is 1. The molecule has 3 heterocycles. The summed E-state index contributed by atoms with van der Waals surface area (Å²) in [5, 5.41) is 3.03. The van der Waals surface area contributed by atoms with Gasteiger partial charge >= 0.3 is 0 Å². The highest BCUT2D eigenvalue weighted by molar-refractivity contribution is 8.18. The molecule has 37 heavy (non-hydrogen) atoms. The Morgan fingerprint density at radius 2 is 1.81 bits per heavy atom. The number of hydrogen-bond acceptors (Lipinski definition) is 8. The summed E-state index contributed by atoms with van der Waals surface area (Å²) < 4.78 is 11.2. The van der Waals surface area contributed by atoms with Gasteiger partial charge in [0.05, 0.1) is 29.5 Å². The molecular formula is C27H25N3O5S2. The topological polar surface area (TPSA) is 92.1 Å². The predicted octanol–water partition coefficient (Wildman–Crippen LogP) is 5.25. The molecule has 2 fully saturated rings. The number of amides is 3. The second kappa shape index (κ2) is 11.3. The molecule has 2 aliphatic heterocycles. The lowest BCUT2D eigenvalue weighted by atomic mass is 10.2. The number of morpholine rings is 1. The molecule has 1 N–H and O–H groups in total. The van der Waals surface area contributed by atoms with Crippen molar-refractivity contribution in [3.63, 3.8) is 0 Å². The van der Waals surface area contributed by atoms with Crippen LogP contribution in [0.1, 0.15) is 11.3 Å². The Morgan fingerprint density at radius 1 is 1.05 bits per heavy atom. The lowest BCUT2D eigenvalue weighted by molar-refractivity contribution is -0.127. The van der Waals surface area contributed by atoms with E-state index in [0.29, 0.717) is 29.8 Å². The smallest absolute Gasteiger partial charge is 0.294 e. The summed E-state index contributed by atoms with van der Waals surface area (Å²) in [5.41, 5.74) is 2.69. The van der Waals surface area contributed by atoms with Crippen LogP contribution in [-0.4, -0.2) is 54.8 Å². The summed E-state index contributed by atoms with van der Waals surface area (Å²) in [6.07, 6.45) is 1.54. The van der Waals surface area contributed by atoms with Crippen molar-refractivity contribution in [2.75, 3.05) is 43.1 Å². The molecule has 2 aliphatic rings. The van der Waals surface area contributed by atoms with Crippen LogP contribution in [0.2, 0.25) is 0 Å². The minimum atomic E-state index is -0.518. The van der Waals surface area contributed by atoms with E-state index in [9.17, 15) is 14.4 Å². The number of benzene rings is 2. The number of carbonyl (C=O) groups excluding carboxylic acids is 3. The summed E-state index contributed by atoms with van der Waals surface area (Å²) in [7, 11) is 0. The molecule has 0 aliphatic carbocycles. The molecule has 0 saturated carbocycles. The molecule has 10 heteroatoms. The van der Waals surface area contributed by atoms with Gasteiger partial charge in [-0.2, -0.15) is 0 Å². The number of para-hydroxylation sites is 2. The van der Waals surface area contributed by atoms with Gasteiger partial charge in [-0.05, 0) is 55.1 Å². The Morgan fingerprint density at radius 3 is 2.59 bits per heavy atom. The highest BCUT2D eigenvalue weighted by atomic mass is 32.2. The van der Waals surface area contributed by atoms with Crippen LogP contribution in [0.5, 0.6) is 0 Å². The molecule has 3 aromatic rings. The van der Waals surface area contributed by atoms with Crippen molar-refractivity contribution in [2.24, 2.45) is 0 Å². The maximum atomic E-state index is 12.9. The van der Waals surface area contributed by atoms with E-state index < -0.39 is 17.1 Å². The fraction of sp³-hybridized carbons (Fsp3) is 0.222. The largest absolute Gasteiger partial charge is 0.450 e. The van der Waals surface area contributed by atoms with E-state index in [2.05, 4.69) is 10.2 Å². The maximum Gasteiger partial charge on any atom is 0.294 e. The SMILES string of the molecule is Cc1ccc(Sc2ccc(/C=C3\SC(=O)N(CC(=O)Nc4ccccc4N4CCOCC4)C3=O)o2)cc1. The lowest BCUT2D eigenvalue weighted by Gasteiger charge is -2.30. The zero-order valence-electron chi connectivity index (χ0n) is 20.1. The lowest BCUT2D eigenvalue weighted by Crippen LogP contribution is -2.38. The van der Waals surface area contributed by atoms with Gasteiger partial charge in [0, 0.05) is 24.1 Å². The van der Waals surface area contributed by atoms with Crippen molar-refractivity contribution in [1.82, 2.24) is 4.90 Å². The van der Waals surface area contributed by atoms with Crippen LogP contribution in [0.3, 0.4) is 0 Å². The van der Waals surface area contributed by atoms with Crippen molar-refractivity contribution in [1.29, 1.82) is 0 Å². The summed E-state index contributed by atoms with van der Waals surface area (Å²) >= 11 is 2.26. The molecule has 190 valence electrons. The maximum absolute atomic E-state index is 12.9. The molecule has 0 bridgehead atoms. The molecule has 5 rings (SSSR count). The molecule has 8 nitrogen and oxygen atoms in total. The molecule has 0 atom stereocenters. The first-order valence-corrected chi connectivity index (χ1v) is 13.4. The predicted molar refractivity (Wildman–Crippen MR) is 145 cm³/mol. The van der Waals surface area contributed by atoms with Gasteiger partial charge < -0.3 is 19.4 Å². The van der Waals surface area contributed by atoms with Gasteiger partial charge in [0.15, 0.2) is 5.09 Å². The summed E-state index contributed by atoms with van der Waals surface area (Å²) in [6, 6.07) is 19.1. The van der Waals surface area contributed by atoms with Gasteiger partial charge in [-0.1, -0.05) is 41.6 Å². The Balaban J connectivity index is 1.22. The van der Waals surface area contributed by atoms with Crippen LogP contribution < -0.4 is 10.2 Å². The number of nitrogens with zero attached hydrogens (tertiary/aromatic N) is 2. The van der Waals surface area contributed by atoms with Gasteiger partial charge in [0.25, 0.3) is 11.1 Å². The van der Waals surface area contributed by atoms with E-state index in [1.165, 1.54) is 23.4 Å². The van der Waals surface area contributed by atoms with Crippen molar-refractivity contribution < 1.29 is 23.5 Å². The third kappa shape index (κ3) is 6.10. The first-order chi connectivity index (χ1) is 18.0. The fourth-order valence-electron chi connectivity index (χ4n) is 3.95. The number of nitrogens with one attached hydrogen (secondary N) is 1. The second-order valence-corrected chi connectivity index (χ2v) is 10.6. The van der Waals surface area contributed by atoms with Crippen LogP contribution in [0, 0.1) is 6.92 Å². The van der Waals surface area contributed by atoms with Gasteiger partial charge in [-0.15, -0.1) is 0 Å². The van der Waals surface area contributed by atoms with Crippen LogP contribution in [0.25, 0.3) is 6.08 Å². The van der Waals surface area contributed by atoms with Crippen molar-refractivity contribution in [3.8, 4) is 0 Å². The monoisotopic (exact) mass is 535 g/mol. The van der Waals surface area contributed by atoms with E-state index in [-0.39, 0.29) is 11.4 Å². The van der Waals surface area contributed by atoms with Gasteiger partial charge in [-0.3, -0.25) is 19.3 Å². The van der Waals surface area contributed by atoms with Gasteiger partial charge in [0.1, 0.15) is 12.3 Å². The highest BCUT2D eigenvalue weighted by Gasteiger charge is 2.36. The van der Waals surface area contributed by atoms with E-state index >= 15 is 0 Å². The molecule has 0 unspecified atom stereocenters. The molecule has 0 radical (unpaired) electrons. The average Bonchev–Trinajstić information content (AvgIpc) is 3.45. The molecule has 2 aromatic carbocycles. The minimum Gasteiger partial charge on any atom is -0.450 e. The number of hydrogen-bond donors (Lipinski definition) is 1. The van der Waals surface area contributed by atoms with E-state index in [4.69, 9.17) is 9.15 Å². The van der Waals surface area contributed by atoms with Crippen LogP contribution in [-0.2, 0) is 14.3 Å². The zero-order chi connectivity index (χ0) is 25.8. The zero-order valence-corrected chi connectivity index (χ0v) is 21.8. The molecule has 2 saturated heterocycles. The van der Waals surface area contributed by atoms with Crippen LogP contribution in [0.15, 0.2) is 80.0 Å². The molecule has 1 aromatic heterocycles. The van der Waals surface area contributed by atoms with E-state index in [1.54, 1.807) is 12.1 Å². The van der Waals surface area contributed by atoms with E-state index in [0.717, 1.165) is 40.3 Å². The van der Waals surface area contributed by atoms with Crippen molar-refractivity contribution >= 4 is 58.0 Å². The third-order valence-electron chi connectivity index (χ3n) is 5.82. The first-order valence-electron chi connectivity index (χ1n) is 11.8. The Bertz CT molecular complexity index is 1350. The Kier molecular flexibility index (Phi) is 7.68. The van der Waals surface area contributed by atoms with Gasteiger partial charge in [-0.25, -0.2) is 0 Å². The quantitative estimate of drug-likeness (QED) is 0.410. The third-order valence-corrected chi connectivity index (χ3v) is 7.66. The normalized spacial score (nSPS) is 17.1. The summed E-state index contributed by atoms with van der Waals surface area (Å²) in [5.74, 6) is -0.501. The van der Waals surface area contributed by atoms with Gasteiger partial charge in [0.2, 0.25) is 5.91 Å².